The molecule has 0 spiro atoms. The van der Waals surface area contributed by atoms with Gasteiger partial charge < -0.3 is 0 Å². The lowest BCUT2D eigenvalue weighted by atomic mass is 10.1. The highest BCUT2D eigenvalue weighted by Crippen LogP contribution is 2.25. The van der Waals surface area contributed by atoms with Crippen molar-refractivity contribution in [3.8, 4) is 0 Å². The molecule has 25 heavy (non-hydrogen) atoms. The molecule has 0 aliphatic carbocycles. The smallest absolute Gasteiger partial charge is 0.240 e. The first kappa shape index (κ1) is 20.0. The Bertz CT molecular complexity index is 710. The second-order valence-electron chi connectivity index (χ2n) is 5.51. The zero-order chi connectivity index (χ0) is 18.1. The summed E-state index contributed by atoms with van der Waals surface area (Å²) in [6.07, 6.45) is 2.36. The molecule has 0 atom stereocenters. The molecule has 1 N–H and O–H groups in total. The van der Waals surface area contributed by atoms with Crippen molar-refractivity contribution in [1.82, 2.24) is 5.43 Å². The number of carbonyl (C=O) groups excluding carboxylic acids is 1. The molecular weight excluding hydrogens is 372 g/mol. The largest absolute Gasteiger partial charge is 0.273 e. The molecule has 2 rings (SSSR count). The normalized spacial score (nSPS) is 11.6. The van der Waals surface area contributed by atoms with Crippen molar-refractivity contribution in [2.75, 3.05) is 5.75 Å². The van der Waals surface area contributed by atoms with Crippen LogP contribution >= 0.6 is 34.7 Å². The second kappa shape index (κ2) is 10.6. The van der Waals surface area contributed by atoms with Gasteiger partial charge in [0.2, 0.25) is 5.91 Å². The lowest BCUT2D eigenvalue weighted by Crippen LogP contribution is -2.19. The van der Waals surface area contributed by atoms with E-state index in [2.05, 4.69) is 36.5 Å². The molecule has 0 bridgehead atoms. The van der Waals surface area contributed by atoms with E-state index in [1.165, 1.54) is 4.88 Å². The quantitative estimate of drug-likeness (QED) is 0.437. The summed E-state index contributed by atoms with van der Waals surface area (Å²) < 4.78 is 0. The monoisotopic (exact) mass is 394 g/mol. The maximum atomic E-state index is 11.9. The predicted molar refractivity (Wildman–Crippen MR) is 111 cm³/mol. The molecule has 1 aromatic carbocycles. The van der Waals surface area contributed by atoms with Crippen LogP contribution in [0, 0.1) is 0 Å². The molecule has 2 aromatic rings. The molecule has 1 aromatic heterocycles. The average molecular weight is 395 g/mol. The summed E-state index contributed by atoms with van der Waals surface area (Å²) in [5, 5.41) is 5.10. The number of benzene rings is 1. The van der Waals surface area contributed by atoms with Crippen molar-refractivity contribution >= 4 is 46.3 Å². The second-order valence-corrected chi connectivity index (χ2v) is 8.39. The van der Waals surface area contributed by atoms with E-state index in [1.54, 1.807) is 11.3 Å². The average Bonchev–Trinajstić information content (AvgIpc) is 3.08. The third-order valence-corrected chi connectivity index (χ3v) is 5.96. The Morgan fingerprint density at radius 1 is 1.20 bits per heavy atom. The van der Waals surface area contributed by atoms with E-state index in [4.69, 9.17) is 11.6 Å². The number of amides is 1. The van der Waals surface area contributed by atoms with E-state index in [0.717, 1.165) is 40.5 Å². The van der Waals surface area contributed by atoms with Gasteiger partial charge in [0.1, 0.15) is 5.71 Å². The number of unbranched alkanes of at least 4 members (excludes halogenated alkanes) is 1. The van der Waals surface area contributed by atoms with Gasteiger partial charge in [0.25, 0.3) is 0 Å². The van der Waals surface area contributed by atoms with E-state index < -0.39 is 0 Å². The molecule has 0 aliphatic heterocycles. The van der Waals surface area contributed by atoms with E-state index in [9.17, 15) is 4.79 Å². The number of hydrogen-bond donors (Lipinski definition) is 1. The maximum Gasteiger partial charge on any atom is 0.240 e. The standard InChI is InChI=1S/C19H23ClN2OS2/c1-3-5-6-18(23)21-22-19(14-7-9-15(20)10-8-14)17-12-11-16(25-17)13-24-4-2/h7-12H,3-6,13H2,1-2H3,(H,21,23). The summed E-state index contributed by atoms with van der Waals surface area (Å²) >= 11 is 9.61. The van der Waals surface area contributed by atoms with E-state index in [1.807, 2.05) is 36.0 Å². The fourth-order valence-electron chi connectivity index (χ4n) is 2.17. The highest BCUT2D eigenvalue weighted by atomic mass is 35.5. The summed E-state index contributed by atoms with van der Waals surface area (Å²) in [5.74, 6) is 2.04. The first-order valence-electron chi connectivity index (χ1n) is 8.43. The highest BCUT2D eigenvalue weighted by molar-refractivity contribution is 7.98. The number of nitrogens with zero attached hydrogens (tertiary/aromatic N) is 1. The Hall–Kier alpha value is -1.30. The summed E-state index contributed by atoms with van der Waals surface area (Å²) in [4.78, 5) is 14.3. The first-order valence-corrected chi connectivity index (χ1v) is 10.8. The fraction of sp³-hybridized carbons (Fsp3) is 0.368. The minimum Gasteiger partial charge on any atom is -0.273 e. The van der Waals surface area contributed by atoms with E-state index in [0.29, 0.717) is 11.4 Å². The number of thioether (sulfide) groups is 1. The van der Waals surface area contributed by atoms with Crippen LogP contribution in [0.2, 0.25) is 5.02 Å². The molecule has 0 aliphatic rings. The Morgan fingerprint density at radius 2 is 1.96 bits per heavy atom. The van der Waals surface area contributed by atoms with Crippen LogP contribution in [0.3, 0.4) is 0 Å². The number of rotatable bonds is 9. The minimum absolute atomic E-state index is 0.0494. The number of hydrazone groups is 1. The molecule has 0 saturated carbocycles. The molecule has 0 unspecified atom stereocenters. The molecule has 0 saturated heterocycles. The van der Waals surface area contributed by atoms with Crippen molar-refractivity contribution in [2.45, 2.75) is 38.9 Å². The fourth-order valence-corrected chi connectivity index (χ4v) is 4.09. The predicted octanol–water partition coefficient (Wildman–Crippen LogP) is 5.71. The SMILES string of the molecule is CCCCC(=O)NN=C(c1ccc(Cl)cc1)c1ccc(CSCC)s1. The lowest BCUT2D eigenvalue weighted by Gasteiger charge is -2.06. The van der Waals surface area contributed by atoms with Crippen LogP contribution in [0.1, 0.15) is 48.4 Å². The van der Waals surface area contributed by atoms with E-state index >= 15 is 0 Å². The molecule has 1 heterocycles. The number of hydrogen-bond acceptors (Lipinski definition) is 4. The van der Waals surface area contributed by atoms with E-state index in [-0.39, 0.29) is 5.91 Å². The molecule has 6 heteroatoms. The molecule has 1 amide bonds. The summed E-state index contributed by atoms with van der Waals surface area (Å²) in [5.41, 5.74) is 4.42. The molecule has 0 fully saturated rings. The lowest BCUT2D eigenvalue weighted by molar-refractivity contribution is -0.121. The van der Waals surface area contributed by atoms with Gasteiger partial charge >= 0.3 is 0 Å². The molecule has 134 valence electrons. The van der Waals surface area contributed by atoms with Gasteiger partial charge in [-0.15, -0.1) is 11.3 Å². The van der Waals surface area contributed by atoms with Crippen LogP contribution in [-0.4, -0.2) is 17.4 Å². The third-order valence-electron chi connectivity index (χ3n) is 3.51. The number of halogens is 1. The van der Waals surface area contributed by atoms with Crippen LogP contribution < -0.4 is 5.43 Å². The van der Waals surface area contributed by atoms with Crippen molar-refractivity contribution in [1.29, 1.82) is 0 Å². The zero-order valence-corrected chi connectivity index (χ0v) is 16.9. The van der Waals surface area contributed by atoms with Gasteiger partial charge in [-0.05, 0) is 36.4 Å². The van der Waals surface area contributed by atoms with Gasteiger partial charge in [0.05, 0.1) is 4.88 Å². The van der Waals surface area contributed by atoms with Crippen LogP contribution in [0.25, 0.3) is 0 Å². The molecule has 0 radical (unpaired) electrons. The number of nitrogens with one attached hydrogen (secondary N) is 1. The van der Waals surface area contributed by atoms with Crippen molar-refractivity contribution < 1.29 is 4.79 Å². The Labute approximate surface area is 162 Å². The summed E-state index contributed by atoms with van der Waals surface area (Å²) in [6.45, 7) is 4.22. The summed E-state index contributed by atoms with van der Waals surface area (Å²) in [6, 6.07) is 11.7. The number of carbonyl (C=O) groups is 1. The van der Waals surface area contributed by atoms with Gasteiger partial charge in [-0.25, -0.2) is 5.43 Å². The van der Waals surface area contributed by atoms with Gasteiger partial charge in [-0.2, -0.15) is 16.9 Å². The van der Waals surface area contributed by atoms with Gasteiger partial charge in [0.15, 0.2) is 0 Å². The van der Waals surface area contributed by atoms with Crippen molar-refractivity contribution in [2.24, 2.45) is 5.10 Å². The highest BCUT2D eigenvalue weighted by Gasteiger charge is 2.12. The maximum absolute atomic E-state index is 11.9. The summed E-state index contributed by atoms with van der Waals surface area (Å²) in [7, 11) is 0. The Balaban J connectivity index is 2.24. The Kier molecular flexibility index (Phi) is 8.52. The van der Waals surface area contributed by atoms with Gasteiger partial charge in [-0.3, -0.25) is 4.79 Å². The van der Waals surface area contributed by atoms with Crippen LogP contribution in [0.15, 0.2) is 41.5 Å². The van der Waals surface area contributed by atoms with Crippen LogP contribution in [-0.2, 0) is 10.5 Å². The molecule has 3 nitrogen and oxygen atoms in total. The first-order chi connectivity index (χ1) is 12.1. The topological polar surface area (TPSA) is 41.5 Å². The van der Waals surface area contributed by atoms with Gasteiger partial charge in [-0.1, -0.05) is 44.0 Å². The van der Waals surface area contributed by atoms with Crippen LogP contribution in [0.4, 0.5) is 0 Å². The van der Waals surface area contributed by atoms with Gasteiger partial charge in [0, 0.05) is 27.6 Å². The Morgan fingerprint density at radius 3 is 2.64 bits per heavy atom. The zero-order valence-electron chi connectivity index (χ0n) is 14.5. The molecular formula is C19H23ClN2OS2. The van der Waals surface area contributed by atoms with Crippen molar-refractivity contribution in [3.63, 3.8) is 0 Å². The van der Waals surface area contributed by atoms with Crippen LogP contribution in [0.5, 0.6) is 0 Å². The number of thiophene rings is 1. The third kappa shape index (κ3) is 6.49. The van der Waals surface area contributed by atoms with Crippen molar-refractivity contribution in [3.05, 3.63) is 56.7 Å². The minimum atomic E-state index is -0.0494.